The highest BCUT2D eigenvalue weighted by Crippen LogP contribution is 2.54. The van der Waals surface area contributed by atoms with Gasteiger partial charge in [0, 0.05) is 17.4 Å². The van der Waals surface area contributed by atoms with E-state index >= 15 is 0 Å². The minimum Gasteiger partial charge on any atom is -0.487 e. The van der Waals surface area contributed by atoms with Gasteiger partial charge in [-0.3, -0.25) is 4.79 Å². The van der Waals surface area contributed by atoms with Crippen LogP contribution < -0.4 is 9.47 Å². The fourth-order valence-corrected chi connectivity index (χ4v) is 4.77. The Morgan fingerprint density at radius 3 is 2.48 bits per heavy atom. The number of aliphatic hydroxyl groups is 2. The predicted octanol–water partition coefficient (Wildman–Crippen LogP) is 5.95. The topological polar surface area (TPSA) is 76.0 Å². The van der Waals surface area contributed by atoms with Crippen LogP contribution in [0.4, 0.5) is 0 Å². The summed E-state index contributed by atoms with van der Waals surface area (Å²) in [5.74, 6) is 1.05. The minimum atomic E-state index is -1.35. The zero-order valence-electron chi connectivity index (χ0n) is 21.7. The van der Waals surface area contributed by atoms with Gasteiger partial charge in [0.1, 0.15) is 22.5 Å². The Morgan fingerprint density at radius 2 is 1.88 bits per heavy atom. The molecule has 5 nitrogen and oxygen atoms in total. The number of allylic oxidation sites excluding steroid dienone is 2. The van der Waals surface area contributed by atoms with Crippen molar-refractivity contribution in [2.45, 2.75) is 98.5 Å². The molecule has 1 aliphatic carbocycles. The van der Waals surface area contributed by atoms with Crippen LogP contribution in [0.3, 0.4) is 0 Å². The summed E-state index contributed by atoms with van der Waals surface area (Å²) in [5.41, 5.74) is 1.66. The maximum atomic E-state index is 12.9. The molecule has 0 aromatic heterocycles. The molecule has 0 saturated heterocycles. The highest BCUT2D eigenvalue weighted by Gasteiger charge is 2.46. The third kappa shape index (κ3) is 5.99. The van der Waals surface area contributed by atoms with E-state index in [9.17, 15) is 15.0 Å². The molecule has 186 valence electrons. The lowest BCUT2D eigenvalue weighted by Crippen LogP contribution is -2.45. The Bertz CT molecular complexity index is 835. The summed E-state index contributed by atoms with van der Waals surface area (Å²) in [6, 6.07) is 4.06. The number of aryl methyl sites for hydroxylation is 1. The third-order valence-corrected chi connectivity index (χ3v) is 6.97. The molecule has 2 N–H and O–H groups in total. The quantitative estimate of drug-likeness (QED) is 0.217. The number of esters is 1. The van der Waals surface area contributed by atoms with Gasteiger partial charge < -0.3 is 19.7 Å². The van der Waals surface area contributed by atoms with Crippen molar-refractivity contribution in [2.75, 3.05) is 13.2 Å². The van der Waals surface area contributed by atoms with Gasteiger partial charge in [-0.25, -0.2) is 0 Å². The van der Waals surface area contributed by atoms with Crippen LogP contribution >= 0.6 is 0 Å². The molecule has 0 saturated carbocycles. The summed E-state index contributed by atoms with van der Waals surface area (Å²) in [6.45, 7) is 13.2. The first kappa shape index (κ1) is 27.4. The number of carbonyl (C=O) groups is 1. The lowest BCUT2D eigenvalue weighted by Gasteiger charge is -2.46. The van der Waals surface area contributed by atoms with Gasteiger partial charge in [-0.2, -0.15) is 0 Å². The van der Waals surface area contributed by atoms with Gasteiger partial charge in [0.25, 0.3) is 0 Å². The molecule has 0 amide bonds. The number of ether oxygens (including phenoxy) is 2. The number of unbranched alkanes of at least 4 members (excludes halogenated alkanes) is 2. The first-order chi connectivity index (χ1) is 15.6. The van der Waals surface area contributed by atoms with Gasteiger partial charge >= 0.3 is 5.97 Å². The van der Waals surface area contributed by atoms with E-state index < -0.39 is 24.6 Å². The van der Waals surface area contributed by atoms with Crippen molar-refractivity contribution in [1.29, 1.82) is 0 Å². The van der Waals surface area contributed by atoms with E-state index in [1.54, 1.807) is 0 Å². The van der Waals surface area contributed by atoms with Crippen LogP contribution in [0.5, 0.6) is 11.5 Å². The predicted molar refractivity (Wildman–Crippen MR) is 133 cm³/mol. The fraction of sp³-hybridized carbons (Fsp3) is 0.679. The van der Waals surface area contributed by atoms with Crippen LogP contribution in [0.15, 0.2) is 23.8 Å². The molecule has 0 fully saturated rings. The van der Waals surface area contributed by atoms with Crippen molar-refractivity contribution in [3.8, 4) is 11.5 Å². The van der Waals surface area contributed by atoms with Gasteiger partial charge in [-0.15, -0.1) is 0 Å². The Kier molecular flexibility index (Phi) is 9.57. The Morgan fingerprint density at radius 1 is 1.21 bits per heavy atom. The third-order valence-electron chi connectivity index (χ3n) is 6.97. The van der Waals surface area contributed by atoms with E-state index in [0.717, 1.165) is 55.4 Å². The molecule has 0 radical (unpaired) electrons. The molecule has 5 heteroatoms. The van der Waals surface area contributed by atoms with E-state index in [0.29, 0.717) is 5.75 Å². The van der Waals surface area contributed by atoms with Crippen molar-refractivity contribution < 1.29 is 24.5 Å². The number of aliphatic hydroxyl groups excluding tert-OH is 2. The Hall–Kier alpha value is -1.85. The SMILES string of the molecule is CC.CCCCCc1cc(OC(=O)C(C)(CO)CO)c2c(c1)OC(C)(C)C1CCC(C)=CC21. The first-order valence-corrected chi connectivity index (χ1v) is 12.6. The molecular weight excluding hydrogens is 416 g/mol. The van der Waals surface area contributed by atoms with Crippen molar-refractivity contribution in [3.63, 3.8) is 0 Å². The van der Waals surface area contributed by atoms with E-state index in [-0.39, 0.29) is 17.4 Å². The normalized spacial score (nSPS) is 20.9. The molecule has 1 aliphatic heterocycles. The lowest BCUT2D eigenvalue weighted by atomic mass is 9.68. The molecule has 1 heterocycles. The smallest absolute Gasteiger partial charge is 0.321 e. The van der Waals surface area contributed by atoms with Gasteiger partial charge in [0.15, 0.2) is 0 Å². The standard InChI is InChI=1S/C26H38O5.C2H6/c1-6-7-8-9-18-13-21(30-24(29)26(5,15-27)16-28)23-19-12-17(2)10-11-20(19)25(3,4)31-22(23)14-18;1-2/h12-14,19-20,27-28H,6-11,15-16H2,1-5H3;1-2H3. The first-order valence-electron chi connectivity index (χ1n) is 12.6. The average Bonchev–Trinajstić information content (AvgIpc) is 2.79. The average molecular weight is 461 g/mol. The minimum absolute atomic E-state index is 0.106. The number of benzene rings is 1. The van der Waals surface area contributed by atoms with Crippen LogP contribution in [-0.4, -0.2) is 35.0 Å². The molecule has 2 atom stereocenters. The van der Waals surface area contributed by atoms with E-state index in [4.69, 9.17) is 9.47 Å². The monoisotopic (exact) mass is 460 g/mol. The van der Waals surface area contributed by atoms with Crippen LogP contribution in [-0.2, 0) is 11.2 Å². The van der Waals surface area contributed by atoms with Crippen LogP contribution in [0.2, 0.25) is 0 Å². The Labute approximate surface area is 200 Å². The second-order valence-electron chi connectivity index (χ2n) is 10.1. The van der Waals surface area contributed by atoms with Gasteiger partial charge in [0.05, 0.1) is 13.2 Å². The van der Waals surface area contributed by atoms with Gasteiger partial charge in [-0.1, -0.05) is 45.3 Å². The summed E-state index contributed by atoms with van der Waals surface area (Å²) in [5, 5.41) is 19.3. The number of carbonyl (C=O) groups excluding carboxylic acids is 1. The summed E-state index contributed by atoms with van der Waals surface area (Å²) in [7, 11) is 0. The zero-order valence-corrected chi connectivity index (χ0v) is 21.7. The largest absolute Gasteiger partial charge is 0.487 e. The maximum Gasteiger partial charge on any atom is 0.321 e. The van der Waals surface area contributed by atoms with Crippen molar-refractivity contribution in [3.05, 3.63) is 34.9 Å². The molecule has 2 unspecified atom stereocenters. The van der Waals surface area contributed by atoms with Crippen LogP contribution in [0, 0.1) is 11.3 Å². The molecule has 0 spiro atoms. The molecule has 1 aromatic carbocycles. The summed E-state index contributed by atoms with van der Waals surface area (Å²) in [4.78, 5) is 12.9. The van der Waals surface area contributed by atoms with E-state index in [2.05, 4.69) is 39.8 Å². The van der Waals surface area contributed by atoms with Crippen LogP contribution in [0.1, 0.15) is 97.6 Å². The summed E-state index contributed by atoms with van der Waals surface area (Å²) in [6.07, 6.45) is 8.57. The van der Waals surface area contributed by atoms with Crippen molar-refractivity contribution in [2.24, 2.45) is 11.3 Å². The van der Waals surface area contributed by atoms with E-state index in [1.165, 1.54) is 12.5 Å². The molecule has 2 aliphatic rings. The number of hydrogen-bond acceptors (Lipinski definition) is 5. The molecule has 3 rings (SSSR count). The number of fused-ring (bicyclic) bond motifs is 3. The molecular formula is C28H44O5. The van der Waals surface area contributed by atoms with Gasteiger partial charge in [0.2, 0.25) is 0 Å². The number of hydrogen-bond donors (Lipinski definition) is 2. The summed E-state index contributed by atoms with van der Waals surface area (Å²) < 4.78 is 12.4. The molecule has 0 bridgehead atoms. The maximum absolute atomic E-state index is 12.9. The van der Waals surface area contributed by atoms with Crippen LogP contribution in [0.25, 0.3) is 0 Å². The Balaban J connectivity index is 0.00000187. The molecule has 1 aromatic rings. The van der Waals surface area contributed by atoms with Crippen molar-refractivity contribution >= 4 is 5.97 Å². The zero-order chi connectivity index (χ0) is 24.8. The van der Waals surface area contributed by atoms with E-state index in [1.807, 2.05) is 19.9 Å². The highest BCUT2D eigenvalue weighted by molar-refractivity contribution is 5.80. The van der Waals surface area contributed by atoms with Crippen molar-refractivity contribution in [1.82, 2.24) is 0 Å². The second-order valence-corrected chi connectivity index (χ2v) is 10.1. The highest BCUT2D eigenvalue weighted by atomic mass is 16.5. The molecule has 33 heavy (non-hydrogen) atoms. The lowest BCUT2D eigenvalue weighted by molar-refractivity contribution is -0.150. The van der Waals surface area contributed by atoms with Gasteiger partial charge in [-0.05, 0) is 71.1 Å². The fourth-order valence-electron chi connectivity index (χ4n) is 4.77. The summed E-state index contributed by atoms with van der Waals surface area (Å²) >= 11 is 0. The second kappa shape index (κ2) is 11.5. The number of rotatable bonds is 8.